The van der Waals surface area contributed by atoms with E-state index in [1.54, 1.807) is 0 Å². The summed E-state index contributed by atoms with van der Waals surface area (Å²) in [5.74, 6) is 0.827. The Hall–Kier alpha value is -1.35. The number of unbranched alkanes of at least 4 members (excludes halogenated alkanes) is 17. The summed E-state index contributed by atoms with van der Waals surface area (Å²) >= 11 is 0. The second kappa shape index (κ2) is 35.5. The van der Waals surface area contributed by atoms with E-state index in [-0.39, 0.29) is 12.1 Å². The molecular formula is C42H79NO2. The van der Waals surface area contributed by atoms with Gasteiger partial charge in [-0.2, -0.15) is 0 Å². The average molecular weight is 630 g/mol. The predicted molar refractivity (Wildman–Crippen MR) is 201 cm³/mol. The van der Waals surface area contributed by atoms with E-state index in [1.165, 1.54) is 148 Å². The molecule has 0 rings (SSSR count). The molecule has 0 amide bonds. The molecule has 2 unspecified atom stereocenters. The lowest BCUT2D eigenvalue weighted by molar-refractivity contribution is -0.150. The zero-order chi connectivity index (χ0) is 33.1. The molecule has 0 heterocycles. The van der Waals surface area contributed by atoms with E-state index in [0.717, 1.165) is 31.7 Å². The number of esters is 1. The van der Waals surface area contributed by atoms with Crippen LogP contribution in [0.3, 0.4) is 0 Å². The number of nitrogens with zero attached hydrogens (tertiary/aromatic N) is 1. The average Bonchev–Trinajstić information content (AvgIpc) is 3.01. The van der Waals surface area contributed by atoms with Crippen LogP contribution in [-0.2, 0) is 9.53 Å². The van der Waals surface area contributed by atoms with Crippen LogP contribution in [0.5, 0.6) is 0 Å². The summed E-state index contributed by atoms with van der Waals surface area (Å²) in [6, 6.07) is 0. The number of ether oxygens (including phenoxy) is 1. The maximum absolute atomic E-state index is 12.5. The van der Waals surface area contributed by atoms with E-state index in [4.69, 9.17) is 4.74 Å². The van der Waals surface area contributed by atoms with Crippen LogP contribution in [0.4, 0.5) is 0 Å². The van der Waals surface area contributed by atoms with Gasteiger partial charge in [-0.25, -0.2) is 0 Å². The van der Waals surface area contributed by atoms with Crippen molar-refractivity contribution < 1.29 is 9.53 Å². The number of rotatable bonds is 34. The Bertz CT molecular complexity index is 695. The van der Waals surface area contributed by atoms with Gasteiger partial charge in [-0.3, -0.25) is 4.79 Å². The van der Waals surface area contributed by atoms with Crippen LogP contribution in [0.1, 0.15) is 194 Å². The summed E-state index contributed by atoms with van der Waals surface area (Å²) in [5.41, 5.74) is 0. The van der Waals surface area contributed by atoms with Gasteiger partial charge >= 0.3 is 5.97 Å². The van der Waals surface area contributed by atoms with Gasteiger partial charge in [-0.15, -0.1) is 0 Å². The lowest BCUT2D eigenvalue weighted by atomic mass is 9.98. The van der Waals surface area contributed by atoms with E-state index in [0.29, 0.717) is 6.42 Å². The molecular weight excluding hydrogens is 550 g/mol. The second-order valence-electron chi connectivity index (χ2n) is 14.0. The topological polar surface area (TPSA) is 29.5 Å². The zero-order valence-corrected chi connectivity index (χ0v) is 31.2. The smallest absolute Gasteiger partial charge is 0.306 e. The van der Waals surface area contributed by atoms with Crippen molar-refractivity contribution in [3.05, 3.63) is 36.5 Å². The summed E-state index contributed by atoms with van der Waals surface area (Å²) in [6.07, 6.45) is 47.5. The quantitative estimate of drug-likeness (QED) is 0.0403. The molecule has 0 N–H and O–H groups in total. The molecule has 0 aromatic rings. The van der Waals surface area contributed by atoms with Gasteiger partial charge in [0.1, 0.15) is 6.10 Å². The maximum atomic E-state index is 12.5. The fraction of sp³-hybridized carbons (Fsp3) is 0.833. The molecule has 0 saturated heterocycles. The molecule has 3 nitrogen and oxygen atoms in total. The van der Waals surface area contributed by atoms with Gasteiger partial charge in [0.15, 0.2) is 0 Å². The standard InChI is InChI=1S/C42H79NO2/c1-6-8-10-12-14-15-16-17-18-19-20-21-22-27-31-36-41(45-42(44)38-33-39-43(4)5)37-32-28-24-23-26-30-35-40(3)34-29-25-13-11-9-7-2/h6,8,16-17,25,29,40-41H,7,9-15,18-24,26-28,30-39H2,1-5H3/b8-6+,17-16-,29-25-. The Kier molecular flexibility index (Phi) is 34.4. The van der Waals surface area contributed by atoms with Gasteiger partial charge in [0.25, 0.3) is 0 Å². The van der Waals surface area contributed by atoms with Gasteiger partial charge < -0.3 is 9.64 Å². The van der Waals surface area contributed by atoms with E-state index >= 15 is 0 Å². The summed E-state index contributed by atoms with van der Waals surface area (Å²) in [4.78, 5) is 14.7. The van der Waals surface area contributed by atoms with E-state index in [2.05, 4.69) is 76.2 Å². The molecule has 0 bridgehead atoms. The minimum absolute atomic E-state index is 0.0117. The highest BCUT2D eigenvalue weighted by Crippen LogP contribution is 2.19. The maximum Gasteiger partial charge on any atom is 0.306 e. The Labute approximate surface area is 283 Å². The monoisotopic (exact) mass is 630 g/mol. The first kappa shape index (κ1) is 43.6. The van der Waals surface area contributed by atoms with Gasteiger partial charge in [0.2, 0.25) is 0 Å². The molecule has 2 atom stereocenters. The normalized spacial score (nSPS) is 13.6. The summed E-state index contributed by atoms with van der Waals surface area (Å²) in [6.45, 7) is 7.73. The number of carbonyl (C=O) groups excluding carboxylic acids is 1. The van der Waals surface area contributed by atoms with Crippen LogP contribution < -0.4 is 0 Å². The second-order valence-corrected chi connectivity index (χ2v) is 14.0. The third-order valence-corrected chi connectivity index (χ3v) is 8.98. The van der Waals surface area contributed by atoms with Crippen LogP contribution >= 0.6 is 0 Å². The molecule has 0 aromatic carbocycles. The fourth-order valence-corrected chi connectivity index (χ4v) is 5.96. The highest BCUT2D eigenvalue weighted by atomic mass is 16.5. The van der Waals surface area contributed by atoms with Crippen LogP contribution in [0.2, 0.25) is 0 Å². The van der Waals surface area contributed by atoms with Crippen molar-refractivity contribution in [1.82, 2.24) is 4.90 Å². The first-order valence-corrected chi connectivity index (χ1v) is 19.7. The lowest BCUT2D eigenvalue weighted by Crippen LogP contribution is -2.20. The highest BCUT2D eigenvalue weighted by Gasteiger charge is 2.14. The SMILES string of the molecule is C/C=C/CCCC/C=C\CCCCCCCCC(CCCCCCCCC(C)C/C=C\CCCCC)OC(=O)CCCN(C)C. The molecule has 0 aliphatic rings. The number of hydrogen-bond donors (Lipinski definition) is 0. The third kappa shape index (κ3) is 35.4. The fourth-order valence-electron chi connectivity index (χ4n) is 5.96. The summed E-state index contributed by atoms with van der Waals surface area (Å²) in [5, 5.41) is 0. The molecule has 0 radical (unpaired) electrons. The molecule has 0 saturated carbocycles. The van der Waals surface area contributed by atoms with Gasteiger partial charge in [0.05, 0.1) is 0 Å². The number of hydrogen-bond acceptors (Lipinski definition) is 3. The molecule has 264 valence electrons. The number of allylic oxidation sites excluding steroid dienone is 6. The highest BCUT2D eigenvalue weighted by molar-refractivity contribution is 5.69. The molecule has 0 aliphatic heterocycles. The van der Waals surface area contributed by atoms with Crippen molar-refractivity contribution >= 4 is 5.97 Å². The minimum Gasteiger partial charge on any atom is -0.462 e. The largest absolute Gasteiger partial charge is 0.462 e. The van der Waals surface area contributed by atoms with Crippen molar-refractivity contribution in [2.45, 2.75) is 200 Å². The summed E-state index contributed by atoms with van der Waals surface area (Å²) < 4.78 is 6.01. The Morgan fingerprint density at radius 1 is 0.600 bits per heavy atom. The van der Waals surface area contributed by atoms with Crippen molar-refractivity contribution in [3.8, 4) is 0 Å². The molecule has 3 heteroatoms. The van der Waals surface area contributed by atoms with Gasteiger partial charge in [-0.1, -0.05) is 127 Å². The van der Waals surface area contributed by atoms with Crippen LogP contribution in [-0.4, -0.2) is 37.6 Å². The van der Waals surface area contributed by atoms with E-state index < -0.39 is 0 Å². The van der Waals surface area contributed by atoms with Crippen LogP contribution in [0.15, 0.2) is 36.5 Å². The Morgan fingerprint density at radius 2 is 1.07 bits per heavy atom. The van der Waals surface area contributed by atoms with Crippen molar-refractivity contribution in [3.63, 3.8) is 0 Å². The van der Waals surface area contributed by atoms with Gasteiger partial charge in [-0.05, 0) is 123 Å². The Morgan fingerprint density at radius 3 is 1.62 bits per heavy atom. The van der Waals surface area contributed by atoms with Crippen LogP contribution in [0.25, 0.3) is 0 Å². The lowest BCUT2D eigenvalue weighted by Gasteiger charge is -2.18. The van der Waals surface area contributed by atoms with Crippen molar-refractivity contribution in [2.75, 3.05) is 20.6 Å². The van der Waals surface area contributed by atoms with E-state index in [9.17, 15) is 4.79 Å². The number of carbonyl (C=O) groups is 1. The van der Waals surface area contributed by atoms with Crippen molar-refractivity contribution in [1.29, 1.82) is 0 Å². The molecule has 0 aromatic heterocycles. The molecule has 0 aliphatic carbocycles. The Balaban J connectivity index is 4.04. The van der Waals surface area contributed by atoms with Gasteiger partial charge in [0, 0.05) is 6.42 Å². The molecule has 0 fully saturated rings. The molecule has 45 heavy (non-hydrogen) atoms. The first-order chi connectivity index (χ1) is 22.0. The van der Waals surface area contributed by atoms with E-state index in [1.807, 2.05) is 0 Å². The molecule has 0 spiro atoms. The predicted octanol–water partition coefficient (Wildman–Crippen LogP) is 13.3. The van der Waals surface area contributed by atoms with Crippen LogP contribution in [0, 0.1) is 5.92 Å². The first-order valence-electron chi connectivity index (χ1n) is 19.7. The minimum atomic E-state index is 0.0117. The van der Waals surface area contributed by atoms with Crippen molar-refractivity contribution in [2.24, 2.45) is 5.92 Å². The third-order valence-electron chi connectivity index (χ3n) is 8.98. The zero-order valence-electron chi connectivity index (χ0n) is 31.2. The summed E-state index contributed by atoms with van der Waals surface area (Å²) in [7, 11) is 4.13.